The highest BCUT2D eigenvalue weighted by Crippen LogP contribution is 2.42. The van der Waals surface area contributed by atoms with Crippen LogP contribution in [-0.4, -0.2) is 82.2 Å². The van der Waals surface area contributed by atoms with Crippen molar-refractivity contribution in [2.45, 2.75) is 69.2 Å². The molecule has 246 valence electrons. The molecule has 11 heteroatoms. The molecule has 0 radical (unpaired) electrons. The first-order valence-corrected chi connectivity index (χ1v) is 16.8. The first-order chi connectivity index (χ1) is 22.9. The molecule has 3 fully saturated rings. The van der Waals surface area contributed by atoms with E-state index in [-0.39, 0.29) is 46.8 Å². The molecule has 3 saturated heterocycles. The molecular weight excluding hydrogens is 607 g/mol. The molecule has 0 spiro atoms. The third-order valence-corrected chi connectivity index (χ3v) is 10.3. The molecule has 2 aromatic heterocycles. The Morgan fingerprint density at radius 3 is 2.89 bits per heavy atom. The number of benzene rings is 2. The van der Waals surface area contributed by atoms with E-state index in [9.17, 15) is 9.50 Å². The van der Waals surface area contributed by atoms with Crippen LogP contribution >= 0.6 is 0 Å². The van der Waals surface area contributed by atoms with Gasteiger partial charge in [0.25, 0.3) is 0 Å². The Balaban J connectivity index is 1.31. The fourth-order valence-corrected chi connectivity index (χ4v) is 8.05. The molecule has 8 nitrogen and oxygen atoms in total. The SMILES string of the molecule is Oc1cc2c3c(c(F)ccc3c1)/C=C\CCCOC1CCCCN(C1)c1nc(OC[C@@]34CCCN3C[C@H](F)C4)nc3c(F)c-2ncc13. The Hall–Kier alpha value is -3.96. The van der Waals surface area contributed by atoms with Gasteiger partial charge >= 0.3 is 6.01 Å². The minimum atomic E-state index is -0.912. The number of phenolic OH excluding ortho intramolecular Hbond substituents is 1. The van der Waals surface area contributed by atoms with Crippen molar-refractivity contribution in [2.75, 3.05) is 44.3 Å². The topological polar surface area (TPSA) is 83.8 Å². The monoisotopic (exact) mass is 645 g/mol. The summed E-state index contributed by atoms with van der Waals surface area (Å²) >= 11 is 0. The first-order valence-electron chi connectivity index (χ1n) is 16.8. The van der Waals surface area contributed by atoms with Gasteiger partial charge in [0.05, 0.1) is 17.0 Å². The van der Waals surface area contributed by atoms with Crippen LogP contribution in [0.4, 0.5) is 19.0 Å². The van der Waals surface area contributed by atoms with Crippen LogP contribution in [0.1, 0.15) is 56.9 Å². The lowest BCUT2D eigenvalue weighted by Crippen LogP contribution is -2.43. The lowest BCUT2D eigenvalue weighted by molar-refractivity contribution is 0.0530. The Bertz CT molecular complexity index is 1870. The molecule has 2 aromatic carbocycles. The summed E-state index contributed by atoms with van der Waals surface area (Å²) in [5, 5.41) is 12.1. The number of fused-ring (bicyclic) bond motifs is 6. The first kappa shape index (κ1) is 30.4. The molecule has 4 aromatic rings. The van der Waals surface area contributed by atoms with E-state index >= 15 is 8.78 Å². The molecule has 9 rings (SSSR count). The van der Waals surface area contributed by atoms with E-state index in [1.807, 2.05) is 6.08 Å². The van der Waals surface area contributed by atoms with Gasteiger partial charge in [0.15, 0.2) is 5.82 Å². The maximum atomic E-state index is 17.0. The normalized spacial score (nSPS) is 25.7. The zero-order valence-electron chi connectivity index (χ0n) is 26.2. The van der Waals surface area contributed by atoms with Gasteiger partial charge in [-0.25, -0.2) is 13.2 Å². The molecular formula is C36H38F3N5O3. The van der Waals surface area contributed by atoms with Crippen molar-refractivity contribution in [3.05, 3.63) is 53.7 Å². The van der Waals surface area contributed by atoms with Gasteiger partial charge in [0.1, 0.15) is 41.4 Å². The number of pyridine rings is 1. The van der Waals surface area contributed by atoms with Gasteiger partial charge in [0, 0.05) is 55.4 Å². The van der Waals surface area contributed by atoms with Crippen molar-refractivity contribution in [3.8, 4) is 23.0 Å². The quantitative estimate of drug-likeness (QED) is 0.256. The summed E-state index contributed by atoms with van der Waals surface area (Å²) in [6.45, 7) is 3.22. The number of hydrogen-bond donors (Lipinski definition) is 1. The van der Waals surface area contributed by atoms with E-state index in [4.69, 9.17) is 14.5 Å². The average molecular weight is 646 g/mol. The van der Waals surface area contributed by atoms with E-state index < -0.39 is 23.3 Å². The van der Waals surface area contributed by atoms with Crippen molar-refractivity contribution >= 4 is 33.6 Å². The van der Waals surface area contributed by atoms with Crippen LogP contribution in [0.25, 0.3) is 39.0 Å². The van der Waals surface area contributed by atoms with Crippen molar-refractivity contribution in [1.82, 2.24) is 19.9 Å². The van der Waals surface area contributed by atoms with Crippen LogP contribution < -0.4 is 9.64 Å². The number of allylic oxidation sites excluding steroid dienone is 1. The highest BCUT2D eigenvalue weighted by molar-refractivity contribution is 6.04. The summed E-state index contributed by atoms with van der Waals surface area (Å²) in [5.74, 6) is -0.770. The number of aromatic nitrogens is 3. The molecule has 0 amide bonds. The van der Waals surface area contributed by atoms with Gasteiger partial charge < -0.3 is 19.5 Å². The highest BCUT2D eigenvalue weighted by atomic mass is 19.1. The maximum absolute atomic E-state index is 17.0. The Morgan fingerprint density at radius 2 is 1.98 bits per heavy atom. The fraction of sp³-hybridized carbons (Fsp3) is 0.472. The average Bonchev–Trinajstić information content (AvgIpc) is 3.47. The van der Waals surface area contributed by atoms with Gasteiger partial charge in [-0.1, -0.05) is 18.2 Å². The second-order valence-electron chi connectivity index (χ2n) is 13.4. The molecule has 0 aliphatic carbocycles. The van der Waals surface area contributed by atoms with Crippen molar-refractivity contribution in [3.63, 3.8) is 0 Å². The summed E-state index contributed by atoms with van der Waals surface area (Å²) < 4.78 is 59.5. The van der Waals surface area contributed by atoms with Crippen molar-refractivity contribution < 1.29 is 27.8 Å². The predicted octanol–water partition coefficient (Wildman–Crippen LogP) is 6.97. The smallest absolute Gasteiger partial charge is 0.319 e. The molecule has 0 saturated carbocycles. The minimum Gasteiger partial charge on any atom is -0.508 e. The van der Waals surface area contributed by atoms with E-state index in [0.717, 1.165) is 45.1 Å². The van der Waals surface area contributed by atoms with E-state index in [1.165, 1.54) is 18.2 Å². The number of nitrogens with zero attached hydrogens (tertiary/aromatic N) is 5. The Labute approximate surface area is 271 Å². The number of anilines is 1. The highest BCUT2D eigenvalue weighted by Gasteiger charge is 2.49. The zero-order valence-corrected chi connectivity index (χ0v) is 26.2. The third kappa shape index (κ3) is 5.57. The minimum absolute atomic E-state index is 0.0154. The lowest BCUT2D eigenvalue weighted by atomic mass is 9.95. The molecule has 5 aliphatic heterocycles. The van der Waals surface area contributed by atoms with Gasteiger partial charge in [-0.2, -0.15) is 9.97 Å². The summed E-state index contributed by atoms with van der Waals surface area (Å²) in [7, 11) is 0. The van der Waals surface area contributed by atoms with Crippen molar-refractivity contribution in [2.24, 2.45) is 0 Å². The van der Waals surface area contributed by atoms with Gasteiger partial charge in [0.2, 0.25) is 0 Å². The van der Waals surface area contributed by atoms with Crippen LogP contribution in [0.3, 0.4) is 0 Å². The maximum Gasteiger partial charge on any atom is 0.319 e. The Kier molecular flexibility index (Phi) is 7.92. The van der Waals surface area contributed by atoms with E-state index in [2.05, 4.69) is 19.8 Å². The largest absolute Gasteiger partial charge is 0.508 e. The molecule has 3 atom stereocenters. The predicted molar refractivity (Wildman–Crippen MR) is 174 cm³/mol. The summed E-state index contributed by atoms with van der Waals surface area (Å²) in [6, 6.07) is 5.88. The molecule has 47 heavy (non-hydrogen) atoms. The Morgan fingerprint density at radius 1 is 1.06 bits per heavy atom. The molecule has 7 heterocycles. The van der Waals surface area contributed by atoms with Crippen molar-refractivity contribution in [1.29, 1.82) is 0 Å². The molecule has 5 aliphatic rings. The van der Waals surface area contributed by atoms with Crippen LogP contribution in [0, 0.1) is 11.6 Å². The van der Waals surface area contributed by atoms with Gasteiger partial charge in [-0.15, -0.1) is 0 Å². The second-order valence-corrected chi connectivity index (χ2v) is 13.4. The van der Waals surface area contributed by atoms with Gasteiger partial charge in [-0.3, -0.25) is 9.88 Å². The van der Waals surface area contributed by atoms with E-state index in [0.29, 0.717) is 61.1 Å². The number of alkyl halides is 1. The molecule has 6 bridgehead atoms. The summed E-state index contributed by atoms with van der Waals surface area (Å²) in [4.78, 5) is 18.3. The summed E-state index contributed by atoms with van der Waals surface area (Å²) in [6.07, 6.45) is 10.6. The van der Waals surface area contributed by atoms with Crippen LogP contribution in [0.5, 0.6) is 11.8 Å². The number of rotatable bonds is 3. The molecule has 1 unspecified atom stereocenters. The lowest BCUT2D eigenvalue weighted by Gasteiger charge is -2.31. The standard InChI is InChI=1S/C36H38F3N5O3/c37-23-17-36(11-6-13-44(36)19-23)21-47-35-41-33-28-18-40-32(31(33)39)27-16-24(45)15-22-9-10-29(38)26(30(22)27)8-2-1-5-14-46-25-7-3-4-12-43(20-25)34(28)42-35/h2,8-10,15-16,18,23,25,45H,1,3-7,11-14,17,19-21H2/b8-2-/t23-,25?,36+/m1/s1. The fourth-order valence-electron chi connectivity index (χ4n) is 8.05. The number of halogens is 3. The van der Waals surface area contributed by atoms with E-state index in [1.54, 1.807) is 18.3 Å². The second kappa shape index (κ2) is 12.2. The third-order valence-electron chi connectivity index (χ3n) is 10.3. The number of phenols is 1. The van der Waals surface area contributed by atoms with Gasteiger partial charge in [-0.05, 0) is 75.1 Å². The molecule has 1 N–H and O–H groups in total. The summed E-state index contributed by atoms with van der Waals surface area (Å²) in [5.41, 5.74) is 0.0678. The van der Waals surface area contributed by atoms with Crippen LogP contribution in [0.15, 0.2) is 36.5 Å². The number of ether oxygens (including phenoxy) is 2. The number of aromatic hydroxyl groups is 1. The number of hydrogen-bond acceptors (Lipinski definition) is 8. The zero-order chi connectivity index (χ0) is 32.1. The van der Waals surface area contributed by atoms with Crippen LogP contribution in [-0.2, 0) is 4.74 Å². The van der Waals surface area contributed by atoms with Crippen LogP contribution in [0.2, 0.25) is 0 Å².